The predicted molar refractivity (Wildman–Crippen MR) is 59.5 cm³/mol. The van der Waals surface area contributed by atoms with E-state index in [1.807, 2.05) is 0 Å². The number of phenols is 1. The van der Waals surface area contributed by atoms with Crippen LogP contribution in [0, 0.1) is 6.92 Å². The van der Waals surface area contributed by atoms with Gasteiger partial charge in [0.05, 0.1) is 0 Å². The van der Waals surface area contributed by atoms with Gasteiger partial charge in [-0.3, -0.25) is 4.57 Å². The zero-order chi connectivity index (χ0) is 11.5. The first-order valence-corrected chi connectivity index (χ1v) is 4.76. The number of amides is 1. The Bertz CT molecular complexity index is 506. The van der Waals surface area contributed by atoms with Crippen molar-refractivity contribution < 1.29 is 9.90 Å². The summed E-state index contributed by atoms with van der Waals surface area (Å²) in [6, 6.07) is 4.59. The number of hydrogen-bond acceptors (Lipinski definition) is 3. The van der Waals surface area contributed by atoms with Gasteiger partial charge in [0.2, 0.25) is 0 Å². The van der Waals surface area contributed by atoms with Crippen molar-refractivity contribution in [2.45, 2.75) is 6.92 Å². The van der Waals surface area contributed by atoms with Crippen LogP contribution in [0.25, 0.3) is 0 Å². The molecular weight excluding hydrogens is 206 g/mol. The van der Waals surface area contributed by atoms with Gasteiger partial charge in [0.1, 0.15) is 12.1 Å². The highest BCUT2D eigenvalue weighted by molar-refractivity contribution is 5.91. The second-order valence-electron chi connectivity index (χ2n) is 3.40. The summed E-state index contributed by atoms with van der Waals surface area (Å²) >= 11 is 0. The minimum absolute atomic E-state index is 0.209. The van der Waals surface area contributed by atoms with E-state index in [1.165, 1.54) is 17.1 Å². The molecule has 1 amide bonds. The Balaban J connectivity index is 2.15. The number of anilines is 1. The van der Waals surface area contributed by atoms with E-state index in [-0.39, 0.29) is 11.8 Å². The van der Waals surface area contributed by atoms with Crippen molar-refractivity contribution >= 4 is 11.7 Å². The molecule has 1 aromatic heterocycles. The maximum atomic E-state index is 11.6. The molecule has 0 saturated carbocycles. The van der Waals surface area contributed by atoms with Gasteiger partial charge in [0.15, 0.2) is 0 Å². The molecule has 0 fully saturated rings. The smallest absolute Gasteiger partial charge is 0.331 e. The van der Waals surface area contributed by atoms with E-state index in [0.29, 0.717) is 11.3 Å². The highest BCUT2D eigenvalue weighted by Gasteiger charge is 2.04. The van der Waals surface area contributed by atoms with Crippen LogP contribution in [-0.4, -0.2) is 20.7 Å². The lowest BCUT2D eigenvalue weighted by Crippen LogP contribution is -2.17. The Morgan fingerprint density at radius 3 is 2.94 bits per heavy atom. The predicted octanol–water partition coefficient (Wildman–Crippen LogP) is 1.98. The van der Waals surface area contributed by atoms with Gasteiger partial charge in [0, 0.05) is 18.1 Å². The van der Waals surface area contributed by atoms with E-state index in [9.17, 15) is 9.90 Å². The molecule has 2 N–H and O–H groups in total. The molecule has 0 saturated heterocycles. The summed E-state index contributed by atoms with van der Waals surface area (Å²) in [4.78, 5) is 15.4. The molecular formula is C11H11N3O2. The molecule has 0 spiro atoms. The number of nitrogens with zero attached hydrogens (tertiary/aromatic N) is 2. The second kappa shape index (κ2) is 4.06. The molecule has 0 radical (unpaired) electrons. The third kappa shape index (κ3) is 2.03. The van der Waals surface area contributed by atoms with Crippen LogP contribution >= 0.6 is 0 Å². The fourth-order valence-electron chi connectivity index (χ4n) is 1.30. The molecule has 2 rings (SSSR count). The number of hydrogen-bond donors (Lipinski definition) is 2. The number of nitrogens with one attached hydrogen (secondary N) is 1. The summed E-state index contributed by atoms with van der Waals surface area (Å²) in [6.07, 6.45) is 4.51. The summed E-state index contributed by atoms with van der Waals surface area (Å²) in [5.41, 5.74) is 1.34. The summed E-state index contributed by atoms with van der Waals surface area (Å²) < 4.78 is 1.34. The van der Waals surface area contributed by atoms with E-state index >= 15 is 0 Å². The lowest BCUT2D eigenvalue weighted by atomic mass is 10.2. The van der Waals surface area contributed by atoms with Gasteiger partial charge < -0.3 is 10.4 Å². The average Bonchev–Trinajstić information content (AvgIpc) is 2.77. The average molecular weight is 217 g/mol. The van der Waals surface area contributed by atoms with Crippen molar-refractivity contribution in [1.82, 2.24) is 9.55 Å². The molecule has 0 aliphatic carbocycles. The molecule has 0 bridgehead atoms. The van der Waals surface area contributed by atoms with Gasteiger partial charge >= 0.3 is 6.03 Å². The van der Waals surface area contributed by atoms with E-state index in [1.54, 1.807) is 31.3 Å². The number of imidazole rings is 1. The van der Waals surface area contributed by atoms with Crippen LogP contribution in [0.2, 0.25) is 0 Å². The number of aromatic hydroxyl groups is 1. The Hall–Kier alpha value is -2.30. The van der Waals surface area contributed by atoms with Gasteiger partial charge in [-0.05, 0) is 30.7 Å². The van der Waals surface area contributed by atoms with Crippen molar-refractivity contribution in [1.29, 1.82) is 0 Å². The normalized spacial score (nSPS) is 10.1. The number of rotatable bonds is 1. The van der Waals surface area contributed by atoms with Crippen LogP contribution in [0.5, 0.6) is 5.75 Å². The largest absolute Gasteiger partial charge is 0.508 e. The van der Waals surface area contributed by atoms with Crippen LogP contribution in [0.1, 0.15) is 5.56 Å². The summed E-state index contributed by atoms with van der Waals surface area (Å²) in [7, 11) is 0. The lowest BCUT2D eigenvalue weighted by molar-refractivity contribution is 0.253. The molecule has 0 aliphatic rings. The first kappa shape index (κ1) is 10.2. The highest BCUT2D eigenvalue weighted by Crippen LogP contribution is 2.20. The molecule has 0 aliphatic heterocycles. The van der Waals surface area contributed by atoms with Crippen molar-refractivity contribution in [2.24, 2.45) is 0 Å². The topological polar surface area (TPSA) is 67.2 Å². The van der Waals surface area contributed by atoms with Gasteiger partial charge in [-0.1, -0.05) is 0 Å². The molecule has 16 heavy (non-hydrogen) atoms. The van der Waals surface area contributed by atoms with Crippen molar-refractivity contribution in [3.05, 3.63) is 42.5 Å². The number of carbonyl (C=O) groups is 1. The zero-order valence-corrected chi connectivity index (χ0v) is 8.71. The van der Waals surface area contributed by atoms with Crippen molar-refractivity contribution in [3.8, 4) is 5.75 Å². The molecule has 5 nitrogen and oxygen atoms in total. The summed E-state index contributed by atoms with van der Waals surface area (Å²) in [6.45, 7) is 1.77. The minimum Gasteiger partial charge on any atom is -0.508 e. The van der Waals surface area contributed by atoms with Gasteiger partial charge in [-0.25, -0.2) is 9.78 Å². The molecule has 5 heteroatoms. The SMILES string of the molecule is Cc1cc(NC(=O)n2ccnc2)ccc1O. The molecule has 1 heterocycles. The maximum absolute atomic E-state index is 11.6. The Morgan fingerprint density at radius 2 is 2.31 bits per heavy atom. The monoisotopic (exact) mass is 217 g/mol. The van der Waals surface area contributed by atoms with Gasteiger partial charge in [-0.2, -0.15) is 0 Å². The molecule has 1 aromatic carbocycles. The maximum Gasteiger partial charge on any atom is 0.331 e. The number of benzene rings is 1. The number of aryl methyl sites for hydroxylation is 1. The van der Waals surface area contributed by atoms with Crippen LogP contribution in [0.3, 0.4) is 0 Å². The van der Waals surface area contributed by atoms with E-state index < -0.39 is 0 Å². The fourth-order valence-corrected chi connectivity index (χ4v) is 1.30. The van der Waals surface area contributed by atoms with Gasteiger partial charge in [0.25, 0.3) is 0 Å². The molecule has 0 atom stereocenters. The second-order valence-corrected chi connectivity index (χ2v) is 3.40. The third-order valence-corrected chi connectivity index (χ3v) is 2.19. The Labute approximate surface area is 92.4 Å². The van der Waals surface area contributed by atoms with E-state index in [0.717, 1.165) is 0 Å². The molecule has 82 valence electrons. The summed E-state index contributed by atoms with van der Waals surface area (Å²) in [5, 5.41) is 12.0. The number of phenolic OH excluding ortho intramolecular Hbond substituents is 1. The Kier molecular flexibility index (Phi) is 2.59. The quantitative estimate of drug-likeness (QED) is 0.718. The third-order valence-electron chi connectivity index (χ3n) is 2.19. The first-order valence-electron chi connectivity index (χ1n) is 4.76. The zero-order valence-electron chi connectivity index (χ0n) is 8.71. The van der Waals surface area contributed by atoms with Crippen LogP contribution in [-0.2, 0) is 0 Å². The van der Waals surface area contributed by atoms with E-state index in [4.69, 9.17) is 0 Å². The van der Waals surface area contributed by atoms with Crippen LogP contribution in [0.15, 0.2) is 36.9 Å². The molecule has 2 aromatic rings. The number of aromatic nitrogens is 2. The van der Waals surface area contributed by atoms with Crippen LogP contribution in [0.4, 0.5) is 10.5 Å². The fraction of sp³-hybridized carbons (Fsp3) is 0.0909. The van der Waals surface area contributed by atoms with E-state index in [2.05, 4.69) is 10.3 Å². The molecule has 0 unspecified atom stereocenters. The number of carbonyl (C=O) groups excluding carboxylic acids is 1. The Morgan fingerprint density at radius 1 is 1.50 bits per heavy atom. The standard InChI is InChI=1S/C11H11N3O2/c1-8-6-9(2-3-10(8)15)13-11(16)14-5-4-12-7-14/h2-7,15H,1H3,(H,13,16). The minimum atomic E-state index is -0.289. The lowest BCUT2D eigenvalue weighted by Gasteiger charge is -2.06. The van der Waals surface area contributed by atoms with Crippen LogP contribution < -0.4 is 5.32 Å². The van der Waals surface area contributed by atoms with Gasteiger partial charge in [-0.15, -0.1) is 0 Å². The van der Waals surface area contributed by atoms with Crippen molar-refractivity contribution in [2.75, 3.05) is 5.32 Å². The summed E-state index contributed by atoms with van der Waals surface area (Å²) in [5.74, 6) is 0.209. The van der Waals surface area contributed by atoms with Crippen molar-refractivity contribution in [3.63, 3.8) is 0 Å². The highest BCUT2D eigenvalue weighted by atomic mass is 16.3. The first-order chi connectivity index (χ1) is 7.66.